The second-order valence-electron chi connectivity index (χ2n) is 3.58. The first-order valence-corrected chi connectivity index (χ1v) is 4.16. The Bertz CT molecular complexity index is 176. The summed E-state index contributed by atoms with van der Waals surface area (Å²) in [5.74, 6) is 0.0507. The van der Waals surface area contributed by atoms with Crippen molar-refractivity contribution in [2.75, 3.05) is 27.2 Å². The van der Waals surface area contributed by atoms with Crippen LogP contribution in [0.2, 0.25) is 0 Å². The lowest BCUT2D eigenvalue weighted by Crippen LogP contribution is -2.42. The van der Waals surface area contributed by atoms with Gasteiger partial charge in [-0.1, -0.05) is 0 Å². The normalized spacial score (nSPS) is 18.9. The van der Waals surface area contributed by atoms with E-state index in [1.54, 1.807) is 19.0 Å². The number of hydrogen-bond donors (Lipinski definition) is 2. The van der Waals surface area contributed by atoms with Gasteiger partial charge in [-0.2, -0.15) is 0 Å². The van der Waals surface area contributed by atoms with Gasteiger partial charge in [-0.15, -0.1) is 0 Å². The maximum Gasteiger partial charge on any atom is 0.236 e. The monoisotopic (exact) mass is 172 g/mol. The molecule has 0 saturated heterocycles. The number of rotatable bonds is 4. The summed E-state index contributed by atoms with van der Waals surface area (Å²) >= 11 is 0. The highest BCUT2D eigenvalue weighted by atomic mass is 16.3. The van der Waals surface area contributed by atoms with Gasteiger partial charge in [0, 0.05) is 19.6 Å². The molecule has 0 bridgehead atoms. The second-order valence-corrected chi connectivity index (χ2v) is 3.58. The molecule has 70 valence electrons. The van der Waals surface area contributed by atoms with E-state index in [9.17, 15) is 4.79 Å². The molecule has 0 aromatic rings. The molecule has 0 aromatic carbocycles. The van der Waals surface area contributed by atoms with Crippen LogP contribution >= 0.6 is 0 Å². The fraction of sp³-hybridized carbons (Fsp3) is 0.875. The molecule has 1 amide bonds. The van der Waals surface area contributed by atoms with E-state index in [0.717, 1.165) is 12.8 Å². The van der Waals surface area contributed by atoms with Crippen LogP contribution in [0.3, 0.4) is 0 Å². The van der Waals surface area contributed by atoms with Crippen LogP contribution < -0.4 is 5.32 Å². The number of aliphatic hydroxyl groups excluding tert-OH is 1. The molecule has 0 radical (unpaired) electrons. The largest absolute Gasteiger partial charge is 0.394 e. The first-order valence-electron chi connectivity index (χ1n) is 4.16. The Morgan fingerprint density at radius 1 is 1.58 bits per heavy atom. The van der Waals surface area contributed by atoms with Crippen LogP contribution in [-0.2, 0) is 4.79 Å². The summed E-state index contributed by atoms with van der Waals surface area (Å²) in [4.78, 5) is 12.7. The van der Waals surface area contributed by atoms with Gasteiger partial charge in [-0.25, -0.2) is 0 Å². The fourth-order valence-electron chi connectivity index (χ4n) is 0.963. The smallest absolute Gasteiger partial charge is 0.236 e. The highest BCUT2D eigenvalue weighted by molar-refractivity contribution is 5.77. The number of carbonyl (C=O) groups excluding carboxylic acids is 1. The van der Waals surface area contributed by atoms with Crippen molar-refractivity contribution in [3.8, 4) is 0 Å². The number of amides is 1. The van der Waals surface area contributed by atoms with Crippen molar-refractivity contribution in [2.24, 2.45) is 0 Å². The Kier molecular flexibility index (Phi) is 2.69. The first-order chi connectivity index (χ1) is 5.59. The highest BCUT2D eigenvalue weighted by Gasteiger charge is 2.41. The minimum absolute atomic E-state index is 0.0507. The number of likely N-dealkylation sites (N-methyl/N-ethyl adjacent to an activating group) is 1. The van der Waals surface area contributed by atoms with Gasteiger partial charge >= 0.3 is 0 Å². The Balaban J connectivity index is 2.21. The third kappa shape index (κ3) is 2.19. The summed E-state index contributed by atoms with van der Waals surface area (Å²) in [5.41, 5.74) is -0.133. The number of aliphatic hydroxyl groups is 1. The van der Waals surface area contributed by atoms with Crippen molar-refractivity contribution >= 4 is 5.91 Å². The Morgan fingerprint density at radius 2 is 2.17 bits per heavy atom. The summed E-state index contributed by atoms with van der Waals surface area (Å²) in [6.45, 7) is 0.460. The van der Waals surface area contributed by atoms with Gasteiger partial charge in [0.1, 0.15) is 0 Å². The van der Waals surface area contributed by atoms with E-state index in [0.29, 0.717) is 6.54 Å². The summed E-state index contributed by atoms with van der Waals surface area (Å²) in [6.07, 6.45) is 1.95. The summed E-state index contributed by atoms with van der Waals surface area (Å²) < 4.78 is 0. The molecule has 0 spiro atoms. The van der Waals surface area contributed by atoms with Gasteiger partial charge in [0.15, 0.2) is 0 Å². The summed E-state index contributed by atoms with van der Waals surface area (Å²) in [6, 6.07) is 0. The van der Waals surface area contributed by atoms with Gasteiger partial charge in [0.25, 0.3) is 0 Å². The summed E-state index contributed by atoms with van der Waals surface area (Å²) in [5, 5.41) is 12.0. The van der Waals surface area contributed by atoms with Crippen molar-refractivity contribution in [2.45, 2.75) is 18.4 Å². The van der Waals surface area contributed by atoms with E-state index < -0.39 is 0 Å². The van der Waals surface area contributed by atoms with Gasteiger partial charge < -0.3 is 15.3 Å². The predicted molar refractivity (Wildman–Crippen MR) is 45.7 cm³/mol. The molecule has 1 fully saturated rings. The van der Waals surface area contributed by atoms with Crippen LogP contribution in [0.25, 0.3) is 0 Å². The number of nitrogens with one attached hydrogen (secondary N) is 1. The predicted octanol–water partition coefficient (Wildman–Crippen LogP) is -0.811. The van der Waals surface area contributed by atoms with Gasteiger partial charge in [0.2, 0.25) is 5.91 Å². The quantitative estimate of drug-likeness (QED) is 0.583. The van der Waals surface area contributed by atoms with Crippen molar-refractivity contribution in [1.29, 1.82) is 0 Å². The third-order valence-corrected chi connectivity index (χ3v) is 2.27. The highest BCUT2D eigenvalue weighted by Crippen LogP contribution is 2.34. The number of hydrogen-bond acceptors (Lipinski definition) is 3. The Morgan fingerprint density at radius 3 is 2.50 bits per heavy atom. The molecule has 1 saturated carbocycles. The number of nitrogens with zero attached hydrogens (tertiary/aromatic N) is 1. The SMILES string of the molecule is CN(C)C(=O)CNC1(CO)CC1. The maximum atomic E-state index is 11.1. The molecule has 1 rings (SSSR count). The molecular formula is C8H16N2O2. The molecule has 1 aliphatic carbocycles. The van der Waals surface area contributed by atoms with Crippen molar-refractivity contribution < 1.29 is 9.90 Å². The van der Waals surface area contributed by atoms with Crippen LogP contribution in [-0.4, -0.2) is 48.7 Å². The van der Waals surface area contributed by atoms with E-state index in [2.05, 4.69) is 5.32 Å². The lowest BCUT2D eigenvalue weighted by molar-refractivity contribution is -0.128. The van der Waals surface area contributed by atoms with Crippen LogP contribution in [0.5, 0.6) is 0 Å². The van der Waals surface area contributed by atoms with E-state index in [4.69, 9.17) is 5.11 Å². The second kappa shape index (κ2) is 3.41. The molecule has 4 nitrogen and oxygen atoms in total. The third-order valence-electron chi connectivity index (χ3n) is 2.27. The zero-order chi connectivity index (χ0) is 9.19. The van der Waals surface area contributed by atoms with Crippen molar-refractivity contribution in [1.82, 2.24) is 10.2 Å². The average Bonchev–Trinajstić information content (AvgIpc) is 2.81. The topological polar surface area (TPSA) is 52.6 Å². The lowest BCUT2D eigenvalue weighted by Gasteiger charge is -2.16. The molecule has 0 aromatic heterocycles. The Hall–Kier alpha value is -0.610. The molecule has 0 aliphatic heterocycles. The minimum atomic E-state index is -0.133. The minimum Gasteiger partial charge on any atom is -0.394 e. The van der Waals surface area contributed by atoms with E-state index in [1.165, 1.54) is 0 Å². The fourth-order valence-corrected chi connectivity index (χ4v) is 0.963. The average molecular weight is 172 g/mol. The molecule has 4 heteroatoms. The molecule has 1 aliphatic rings. The number of carbonyl (C=O) groups is 1. The molecule has 0 unspecified atom stereocenters. The Labute approximate surface area is 72.6 Å². The summed E-state index contributed by atoms with van der Waals surface area (Å²) in [7, 11) is 3.45. The molecule has 0 heterocycles. The van der Waals surface area contributed by atoms with Gasteiger partial charge in [0.05, 0.1) is 13.2 Å². The van der Waals surface area contributed by atoms with Crippen LogP contribution in [0.1, 0.15) is 12.8 Å². The zero-order valence-corrected chi connectivity index (χ0v) is 7.63. The van der Waals surface area contributed by atoms with Crippen LogP contribution in [0, 0.1) is 0 Å². The standard InChI is InChI=1S/C8H16N2O2/c1-10(2)7(12)5-9-8(6-11)3-4-8/h9,11H,3-6H2,1-2H3. The molecule has 2 N–H and O–H groups in total. The van der Waals surface area contributed by atoms with E-state index in [-0.39, 0.29) is 18.1 Å². The zero-order valence-electron chi connectivity index (χ0n) is 7.63. The van der Waals surface area contributed by atoms with Crippen molar-refractivity contribution in [3.05, 3.63) is 0 Å². The molecule has 12 heavy (non-hydrogen) atoms. The van der Waals surface area contributed by atoms with E-state index in [1.807, 2.05) is 0 Å². The van der Waals surface area contributed by atoms with Crippen LogP contribution in [0.4, 0.5) is 0 Å². The van der Waals surface area contributed by atoms with Crippen LogP contribution in [0.15, 0.2) is 0 Å². The molecule has 0 atom stereocenters. The van der Waals surface area contributed by atoms with Gasteiger partial charge in [-0.3, -0.25) is 4.79 Å². The van der Waals surface area contributed by atoms with Gasteiger partial charge in [-0.05, 0) is 12.8 Å². The van der Waals surface area contributed by atoms with Crippen molar-refractivity contribution in [3.63, 3.8) is 0 Å². The maximum absolute atomic E-state index is 11.1. The molecular weight excluding hydrogens is 156 g/mol. The lowest BCUT2D eigenvalue weighted by atomic mass is 10.3. The van der Waals surface area contributed by atoms with E-state index >= 15 is 0 Å². The first kappa shape index (κ1) is 9.48.